The van der Waals surface area contributed by atoms with Crippen LogP contribution in [0.4, 0.5) is 0 Å². The molecule has 0 fully saturated rings. The van der Waals surface area contributed by atoms with Crippen LogP contribution in [0.25, 0.3) is 0 Å². The minimum Gasteiger partial charge on any atom is -0.229 e. The third-order valence-corrected chi connectivity index (χ3v) is 2.26. The van der Waals surface area contributed by atoms with Gasteiger partial charge in [-0.25, -0.2) is 9.00 Å². The van der Waals surface area contributed by atoms with Gasteiger partial charge in [0.05, 0.1) is 4.90 Å². The standard InChI is InChI=1S/C8H7NO2S/c1-7-2-4-8(5-3-7)12(11)9-6-10/h2-5H,1H3. The lowest BCUT2D eigenvalue weighted by Gasteiger charge is -1.94. The molecule has 0 radical (unpaired) electrons. The Morgan fingerprint density at radius 1 is 1.33 bits per heavy atom. The van der Waals surface area contributed by atoms with E-state index in [9.17, 15) is 9.00 Å². The second-order valence-corrected chi connectivity index (χ2v) is 3.40. The number of carbonyl (C=O) groups excluding carboxylic acids is 1. The number of rotatable bonds is 2. The van der Waals surface area contributed by atoms with E-state index >= 15 is 0 Å². The molecule has 1 unspecified atom stereocenters. The van der Waals surface area contributed by atoms with Crippen LogP contribution in [0, 0.1) is 6.92 Å². The van der Waals surface area contributed by atoms with Crippen molar-refractivity contribution < 1.29 is 9.00 Å². The predicted molar refractivity (Wildman–Crippen MR) is 45.7 cm³/mol. The topological polar surface area (TPSA) is 46.5 Å². The van der Waals surface area contributed by atoms with E-state index in [1.165, 1.54) is 6.08 Å². The molecule has 62 valence electrons. The summed E-state index contributed by atoms with van der Waals surface area (Å²) < 4.78 is 14.1. The SMILES string of the molecule is Cc1ccc(S(=O)N=C=O)cc1. The normalized spacial score (nSPS) is 11.8. The van der Waals surface area contributed by atoms with Crippen LogP contribution in [0.15, 0.2) is 33.6 Å². The first-order valence-corrected chi connectivity index (χ1v) is 4.41. The Kier molecular flexibility index (Phi) is 2.91. The summed E-state index contributed by atoms with van der Waals surface area (Å²) in [6.07, 6.45) is 1.26. The summed E-state index contributed by atoms with van der Waals surface area (Å²) in [4.78, 5) is 10.3. The van der Waals surface area contributed by atoms with Gasteiger partial charge in [0.1, 0.15) is 0 Å². The van der Waals surface area contributed by atoms with Gasteiger partial charge in [-0.1, -0.05) is 22.1 Å². The van der Waals surface area contributed by atoms with Gasteiger partial charge in [-0.15, -0.1) is 0 Å². The van der Waals surface area contributed by atoms with Crippen molar-refractivity contribution in [2.45, 2.75) is 11.8 Å². The van der Waals surface area contributed by atoms with Gasteiger partial charge in [-0.3, -0.25) is 0 Å². The lowest BCUT2D eigenvalue weighted by Crippen LogP contribution is -1.85. The second kappa shape index (κ2) is 3.95. The number of aryl methyl sites for hydroxylation is 1. The van der Waals surface area contributed by atoms with Crippen LogP contribution in [-0.4, -0.2) is 10.3 Å². The highest BCUT2D eigenvalue weighted by Gasteiger charge is 1.99. The van der Waals surface area contributed by atoms with E-state index < -0.39 is 11.0 Å². The van der Waals surface area contributed by atoms with E-state index in [-0.39, 0.29) is 0 Å². The van der Waals surface area contributed by atoms with Crippen LogP contribution in [-0.2, 0) is 15.8 Å². The van der Waals surface area contributed by atoms with E-state index in [4.69, 9.17) is 0 Å². The van der Waals surface area contributed by atoms with E-state index in [1.54, 1.807) is 12.1 Å². The molecule has 0 aromatic heterocycles. The third kappa shape index (κ3) is 2.12. The fourth-order valence-electron chi connectivity index (χ4n) is 0.741. The lowest BCUT2D eigenvalue weighted by atomic mass is 10.2. The monoisotopic (exact) mass is 181 g/mol. The molecule has 4 heteroatoms. The van der Waals surface area contributed by atoms with E-state index in [1.807, 2.05) is 19.1 Å². The molecule has 0 saturated carbocycles. The Hall–Kier alpha value is -1.25. The minimum absolute atomic E-state index is 0.518. The van der Waals surface area contributed by atoms with E-state index in [0.717, 1.165) is 5.56 Å². The average Bonchev–Trinajstić information content (AvgIpc) is 2.06. The number of isocyanates is 1. The Labute approximate surface area is 72.7 Å². The maximum absolute atomic E-state index is 11.0. The van der Waals surface area contributed by atoms with Gasteiger partial charge in [-0.2, -0.15) is 0 Å². The predicted octanol–water partition coefficient (Wildman–Crippen LogP) is 1.35. The number of nitrogens with zero attached hydrogens (tertiary/aromatic N) is 1. The summed E-state index contributed by atoms with van der Waals surface area (Å²) in [5.41, 5.74) is 1.07. The largest absolute Gasteiger partial charge is 0.250 e. The highest BCUT2D eigenvalue weighted by molar-refractivity contribution is 7.83. The van der Waals surface area contributed by atoms with Gasteiger partial charge in [0, 0.05) is 0 Å². The van der Waals surface area contributed by atoms with Gasteiger partial charge < -0.3 is 0 Å². The van der Waals surface area contributed by atoms with Gasteiger partial charge in [0.2, 0.25) is 6.08 Å². The van der Waals surface area contributed by atoms with Crippen molar-refractivity contribution in [2.24, 2.45) is 4.40 Å². The molecular formula is C8H7NO2S. The lowest BCUT2D eigenvalue weighted by molar-refractivity contribution is 0.566. The molecule has 0 aliphatic heterocycles. The van der Waals surface area contributed by atoms with Crippen molar-refractivity contribution in [3.8, 4) is 0 Å². The molecule has 0 aliphatic carbocycles. The maximum atomic E-state index is 11.0. The minimum atomic E-state index is -1.59. The molecule has 12 heavy (non-hydrogen) atoms. The van der Waals surface area contributed by atoms with Crippen molar-refractivity contribution >= 4 is 17.1 Å². The van der Waals surface area contributed by atoms with E-state index in [0.29, 0.717) is 4.90 Å². The molecular weight excluding hydrogens is 174 g/mol. The molecule has 1 atom stereocenters. The van der Waals surface area contributed by atoms with Gasteiger partial charge in [0.15, 0.2) is 11.0 Å². The quantitative estimate of drug-likeness (QED) is 0.510. The highest BCUT2D eigenvalue weighted by atomic mass is 32.2. The fraction of sp³-hybridized carbons (Fsp3) is 0.125. The second-order valence-electron chi connectivity index (χ2n) is 2.24. The Balaban J connectivity index is 2.97. The summed E-state index contributed by atoms with van der Waals surface area (Å²) in [7, 11) is -1.59. The van der Waals surface area contributed by atoms with Gasteiger partial charge in [0.25, 0.3) is 0 Å². The van der Waals surface area contributed by atoms with Crippen molar-refractivity contribution in [2.75, 3.05) is 0 Å². The zero-order valence-electron chi connectivity index (χ0n) is 6.48. The van der Waals surface area contributed by atoms with Gasteiger partial charge in [-0.05, 0) is 19.1 Å². The van der Waals surface area contributed by atoms with E-state index in [2.05, 4.69) is 4.40 Å². The van der Waals surface area contributed by atoms with Crippen molar-refractivity contribution in [3.63, 3.8) is 0 Å². The van der Waals surface area contributed by atoms with Crippen molar-refractivity contribution in [1.82, 2.24) is 0 Å². The van der Waals surface area contributed by atoms with Crippen LogP contribution in [0.2, 0.25) is 0 Å². The summed E-state index contributed by atoms with van der Waals surface area (Å²) >= 11 is 0. The number of benzene rings is 1. The highest BCUT2D eigenvalue weighted by Crippen LogP contribution is 2.08. The zero-order chi connectivity index (χ0) is 8.97. The average molecular weight is 181 g/mol. The molecule has 0 aliphatic rings. The Morgan fingerprint density at radius 2 is 1.92 bits per heavy atom. The molecule has 1 aromatic rings. The first-order valence-electron chi connectivity index (χ1n) is 3.30. The van der Waals surface area contributed by atoms with Crippen LogP contribution in [0.1, 0.15) is 5.56 Å². The first-order chi connectivity index (χ1) is 5.74. The Morgan fingerprint density at radius 3 is 2.42 bits per heavy atom. The number of hydrogen-bond acceptors (Lipinski definition) is 2. The number of hydrogen-bond donors (Lipinski definition) is 0. The van der Waals surface area contributed by atoms with Crippen molar-refractivity contribution in [3.05, 3.63) is 29.8 Å². The maximum Gasteiger partial charge on any atom is 0.250 e. The van der Waals surface area contributed by atoms with Crippen molar-refractivity contribution in [1.29, 1.82) is 0 Å². The first kappa shape index (κ1) is 8.84. The third-order valence-electron chi connectivity index (χ3n) is 1.34. The summed E-state index contributed by atoms with van der Waals surface area (Å²) in [5, 5.41) is 0. The summed E-state index contributed by atoms with van der Waals surface area (Å²) in [6, 6.07) is 6.97. The molecule has 0 amide bonds. The van der Waals surface area contributed by atoms with Gasteiger partial charge >= 0.3 is 0 Å². The summed E-state index contributed by atoms with van der Waals surface area (Å²) in [5.74, 6) is 0. The van der Waals surface area contributed by atoms with Crippen LogP contribution in [0.3, 0.4) is 0 Å². The molecule has 0 saturated heterocycles. The zero-order valence-corrected chi connectivity index (χ0v) is 7.30. The molecule has 1 aromatic carbocycles. The summed E-state index contributed by atoms with van der Waals surface area (Å²) in [6.45, 7) is 1.93. The fourth-order valence-corrected chi connectivity index (χ4v) is 1.28. The molecule has 1 rings (SSSR count). The van der Waals surface area contributed by atoms with Crippen LogP contribution >= 0.6 is 0 Å². The molecule has 0 bridgehead atoms. The molecule has 3 nitrogen and oxygen atoms in total. The molecule has 0 heterocycles. The smallest absolute Gasteiger partial charge is 0.229 e. The Bertz CT molecular complexity index is 339. The molecule has 0 N–H and O–H groups in total. The molecule has 0 spiro atoms. The van der Waals surface area contributed by atoms with Crippen LogP contribution in [0.5, 0.6) is 0 Å². The van der Waals surface area contributed by atoms with Crippen LogP contribution < -0.4 is 0 Å².